The van der Waals surface area contributed by atoms with E-state index in [9.17, 15) is 0 Å². The summed E-state index contributed by atoms with van der Waals surface area (Å²) in [5, 5.41) is 0. The SMILES string of the molecule is CC1=CC2(CCCN(C)C2)CC1. The molecule has 0 bridgehead atoms. The van der Waals surface area contributed by atoms with Gasteiger partial charge in [-0.3, -0.25) is 0 Å². The van der Waals surface area contributed by atoms with Crippen LogP contribution in [0.25, 0.3) is 0 Å². The number of likely N-dealkylation sites (tertiary alicyclic amines) is 1. The second-order valence-electron chi connectivity index (χ2n) is 4.69. The molecule has 1 atom stereocenters. The molecule has 0 aromatic heterocycles. The van der Waals surface area contributed by atoms with Gasteiger partial charge in [-0.25, -0.2) is 0 Å². The average Bonchev–Trinajstić information content (AvgIpc) is 2.32. The Morgan fingerprint density at radius 3 is 2.83 bits per heavy atom. The van der Waals surface area contributed by atoms with Gasteiger partial charge in [0.25, 0.3) is 0 Å². The van der Waals surface area contributed by atoms with Crippen molar-refractivity contribution in [2.45, 2.75) is 32.6 Å². The molecule has 1 heteroatoms. The molecule has 0 amide bonds. The Hall–Kier alpha value is -0.300. The van der Waals surface area contributed by atoms with E-state index in [1.54, 1.807) is 5.57 Å². The minimum absolute atomic E-state index is 0.580. The number of hydrogen-bond donors (Lipinski definition) is 0. The van der Waals surface area contributed by atoms with Crippen LogP contribution in [-0.2, 0) is 0 Å². The molecule has 1 unspecified atom stereocenters. The number of rotatable bonds is 0. The van der Waals surface area contributed by atoms with Gasteiger partial charge in [-0.2, -0.15) is 0 Å². The van der Waals surface area contributed by atoms with Gasteiger partial charge in [0.1, 0.15) is 0 Å². The maximum atomic E-state index is 2.54. The first kappa shape index (κ1) is 8.31. The van der Waals surface area contributed by atoms with Gasteiger partial charge in [-0.15, -0.1) is 0 Å². The molecule has 0 aromatic carbocycles. The van der Waals surface area contributed by atoms with Crippen LogP contribution in [0.15, 0.2) is 11.6 Å². The molecule has 0 N–H and O–H groups in total. The van der Waals surface area contributed by atoms with Crippen LogP contribution in [0.2, 0.25) is 0 Å². The van der Waals surface area contributed by atoms with Gasteiger partial charge in [0.15, 0.2) is 0 Å². The van der Waals surface area contributed by atoms with E-state index in [2.05, 4.69) is 24.9 Å². The Morgan fingerprint density at radius 2 is 2.25 bits per heavy atom. The van der Waals surface area contributed by atoms with E-state index in [1.165, 1.54) is 38.8 Å². The molecule has 0 saturated carbocycles. The Bertz CT molecular complexity index is 207. The number of hydrogen-bond acceptors (Lipinski definition) is 1. The van der Waals surface area contributed by atoms with E-state index in [0.29, 0.717) is 5.41 Å². The molecule has 12 heavy (non-hydrogen) atoms. The fourth-order valence-electron chi connectivity index (χ4n) is 2.83. The van der Waals surface area contributed by atoms with Crippen LogP contribution in [0.1, 0.15) is 32.6 Å². The Kier molecular flexibility index (Phi) is 1.99. The quantitative estimate of drug-likeness (QED) is 0.498. The third kappa shape index (κ3) is 1.42. The average molecular weight is 165 g/mol. The zero-order chi connectivity index (χ0) is 8.60. The zero-order valence-electron chi connectivity index (χ0n) is 8.27. The summed E-state index contributed by atoms with van der Waals surface area (Å²) < 4.78 is 0. The van der Waals surface area contributed by atoms with E-state index < -0.39 is 0 Å². The van der Waals surface area contributed by atoms with Gasteiger partial charge in [0, 0.05) is 12.0 Å². The highest BCUT2D eigenvalue weighted by molar-refractivity contribution is 5.16. The summed E-state index contributed by atoms with van der Waals surface area (Å²) in [5.74, 6) is 0. The van der Waals surface area contributed by atoms with Crippen LogP contribution in [0, 0.1) is 5.41 Å². The van der Waals surface area contributed by atoms with Crippen molar-refractivity contribution in [2.24, 2.45) is 5.41 Å². The summed E-state index contributed by atoms with van der Waals surface area (Å²) in [6.07, 6.45) is 8.11. The lowest BCUT2D eigenvalue weighted by molar-refractivity contribution is 0.151. The number of nitrogens with zero attached hydrogens (tertiary/aromatic N) is 1. The third-order valence-corrected chi connectivity index (χ3v) is 3.37. The molecular formula is C11H19N. The Balaban J connectivity index is 2.10. The van der Waals surface area contributed by atoms with Crippen LogP contribution >= 0.6 is 0 Å². The molecule has 2 rings (SSSR count). The van der Waals surface area contributed by atoms with Crippen LogP contribution in [0.4, 0.5) is 0 Å². The highest BCUT2D eigenvalue weighted by atomic mass is 15.1. The smallest absolute Gasteiger partial charge is 0.00698 e. The lowest BCUT2D eigenvalue weighted by Gasteiger charge is -2.37. The third-order valence-electron chi connectivity index (χ3n) is 3.37. The van der Waals surface area contributed by atoms with Crippen LogP contribution in [0.3, 0.4) is 0 Å². The predicted octanol–water partition coefficient (Wildman–Crippen LogP) is 2.44. The standard InChI is InChI=1S/C11H19N/c1-10-4-6-11(8-10)5-3-7-12(2)9-11/h8H,3-7,9H2,1-2H3. The van der Waals surface area contributed by atoms with Gasteiger partial charge in [0.2, 0.25) is 0 Å². The molecule has 1 aliphatic heterocycles. The summed E-state index contributed by atoms with van der Waals surface area (Å²) >= 11 is 0. The predicted molar refractivity (Wildman–Crippen MR) is 52.2 cm³/mol. The van der Waals surface area contributed by atoms with Crippen molar-refractivity contribution >= 4 is 0 Å². The normalized spacial score (nSPS) is 37.3. The maximum Gasteiger partial charge on any atom is 0.00698 e. The molecule has 0 radical (unpaired) electrons. The minimum Gasteiger partial charge on any atom is -0.306 e. The van der Waals surface area contributed by atoms with Crippen LogP contribution in [-0.4, -0.2) is 25.0 Å². The number of piperidine rings is 1. The molecule has 1 fully saturated rings. The van der Waals surface area contributed by atoms with E-state index in [4.69, 9.17) is 0 Å². The summed E-state index contributed by atoms with van der Waals surface area (Å²) in [6.45, 7) is 4.88. The fraction of sp³-hybridized carbons (Fsp3) is 0.818. The lowest BCUT2D eigenvalue weighted by Crippen LogP contribution is -2.38. The summed E-state index contributed by atoms with van der Waals surface area (Å²) in [5.41, 5.74) is 2.20. The minimum atomic E-state index is 0.580. The first-order valence-corrected chi connectivity index (χ1v) is 5.07. The van der Waals surface area contributed by atoms with Gasteiger partial charge in [-0.1, -0.05) is 11.6 Å². The first-order valence-electron chi connectivity index (χ1n) is 5.07. The van der Waals surface area contributed by atoms with E-state index in [0.717, 1.165) is 0 Å². The van der Waals surface area contributed by atoms with Crippen molar-refractivity contribution in [2.75, 3.05) is 20.1 Å². The van der Waals surface area contributed by atoms with Crippen molar-refractivity contribution in [1.82, 2.24) is 4.90 Å². The molecule has 68 valence electrons. The van der Waals surface area contributed by atoms with Crippen LogP contribution < -0.4 is 0 Å². The maximum absolute atomic E-state index is 2.54. The largest absolute Gasteiger partial charge is 0.306 e. The lowest BCUT2D eigenvalue weighted by atomic mass is 9.80. The van der Waals surface area contributed by atoms with Crippen molar-refractivity contribution in [1.29, 1.82) is 0 Å². The highest BCUT2D eigenvalue weighted by Gasteiger charge is 2.34. The van der Waals surface area contributed by atoms with Crippen molar-refractivity contribution in [3.05, 3.63) is 11.6 Å². The van der Waals surface area contributed by atoms with Gasteiger partial charge < -0.3 is 4.90 Å². The molecule has 0 aromatic rings. The Morgan fingerprint density at radius 1 is 1.42 bits per heavy atom. The van der Waals surface area contributed by atoms with E-state index >= 15 is 0 Å². The monoisotopic (exact) mass is 165 g/mol. The van der Waals surface area contributed by atoms with Crippen molar-refractivity contribution in [3.8, 4) is 0 Å². The summed E-state index contributed by atoms with van der Waals surface area (Å²) in [6, 6.07) is 0. The molecule has 1 spiro atoms. The second kappa shape index (κ2) is 2.88. The molecule has 1 nitrogen and oxygen atoms in total. The second-order valence-corrected chi connectivity index (χ2v) is 4.69. The van der Waals surface area contributed by atoms with Crippen LogP contribution in [0.5, 0.6) is 0 Å². The summed E-state index contributed by atoms with van der Waals surface area (Å²) in [7, 11) is 2.25. The Labute approximate surface area is 75.4 Å². The molecular weight excluding hydrogens is 146 g/mol. The van der Waals surface area contributed by atoms with Gasteiger partial charge in [0.05, 0.1) is 0 Å². The molecule has 1 aliphatic carbocycles. The summed E-state index contributed by atoms with van der Waals surface area (Å²) in [4.78, 5) is 2.48. The molecule has 2 aliphatic rings. The molecule has 1 heterocycles. The van der Waals surface area contributed by atoms with Gasteiger partial charge in [-0.05, 0) is 46.2 Å². The first-order chi connectivity index (χ1) is 5.70. The molecule has 1 saturated heterocycles. The van der Waals surface area contributed by atoms with Crippen molar-refractivity contribution in [3.63, 3.8) is 0 Å². The topological polar surface area (TPSA) is 3.24 Å². The highest BCUT2D eigenvalue weighted by Crippen LogP contribution is 2.42. The zero-order valence-corrected chi connectivity index (χ0v) is 8.27. The van der Waals surface area contributed by atoms with E-state index in [1.807, 2.05) is 0 Å². The van der Waals surface area contributed by atoms with E-state index in [-0.39, 0.29) is 0 Å². The van der Waals surface area contributed by atoms with Gasteiger partial charge >= 0.3 is 0 Å². The fourth-order valence-corrected chi connectivity index (χ4v) is 2.83. The van der Waals surface area contributed by atoms with Crippen molar-refractivity contribution < 1.29 is 0 Å². The number of allylic oxidation sites excluding steroid dienone is 1.